The number of piperidine rings is 1. The number of nitrogens with zero attached hydrogens (tertiary/aromatic N) is 2. The van der Waals surface area contributed by atoms with Gasteiger partial charge in [-0.3, -0.25) is 4.98 Å². The molecule has 1 fully saturated rings. The van der Waals surface area contributed by atoms with Crippen molar-refractivity contribution in [3.05, 3.63) is 72.1 Å². The van der Waals surface area contributed by atoms with Gasteiger partial charge in [0.05, 0.1) is 12.7 Å². The van der Waals surface area contributed by atoms with Gasteiger partial charge in [-0.05, 0) is 54.6 Å². The van der Waals surface area contributed by atoms with Gasteiger partial charge in [0.15, 0.2) is 0 Å². The summed E-state index contributed by atoms with van der Waals surface area (Å²) in [5.74, 6) is 0. The third-order valence-corrected chi connectivity index (χ3v) is 5.31. The lowest BCUT2D eigenvalue weighted by Crippen LogP contribution is -2.34. The molecule has 0 saturated carbocycles. The number of nitrogens with one attached hydrogen (secondary N) is 1. The second-order valence-corrected chi connectivity index (χ2v) is 7.42. The molecule has 3 aromatic rings. The zero-order chi connectivity index (χ0) is 18.5. The average Bonchev–Trinajstić information content (AvgIpc) is 2.72. The average molecular weight is 361 g/mol. The molecule has 4 nitrogen and oxygen atoms in total. The van der Waals surface area contributed by atoms with E-state index in [2.05, 4.69) is 64.7 Å². The summed E-state index contributed by atoms with van der Waals surface area (Å²) in [6, 6.07) is 17.1. The monoisotopic (exact) mass is 361 g/mol. The van der Waals surface area contributed by atoms with Crippen LogP contribution in [-0.4, -0.2) is 36.1 Å². The number of benzene rings is 2. The number of aromatic nitrogens is 1. The summed E-state index contributed by atoms with van der Waals surface area (Å²) in [7, 11) is 2.18. The number of hydrogen-bond donors (Lipinski definition) is 1. The Bertz CT molecular complexity index is 870. The molecular formula is C23H27N3O. The van der Waals surface area contributed by atoms with Crippen LogP contribution in [0.5, 0.6) is 0 Å². The Morgan fingerprint density at radius 3 is 2.59 bits per heavy atom. The highest BCUT2D eigenvalue weighted by Gasteiger charge is 2.16. The van der Waals surface area contributed by atoms with Crippen molar-refractivity contribution < 1.29 is 4.74 Å². The predicted molar refractivity (Wildman–Crippen MR) is 111 cm³/mol. The van der Waals surface area contributed by atoms with Crippen LogP contribution in [0.25, 0.3) is 10.8 Å². The fraction of sp³-hybridized carbons (Fsp3) is 0.348. The molecule has 1 aliphatic heterocycles. The molecule has 2 heterocycles. The highest BCUT2D eigenvalue weighted by molar-refractivity contribution is 5.84. The van der Waals surface area contributed by atoms with Crippen LogP contribution in [-0.2, 0) is 17.9 Å². The lowest BCUT2D eigenvalue weighted by molar-refractivity contribution is 0.00213. The normalized spacial score (nSPS) is 15.9. The van der Waals surface area contributed by atoms with Crippen LogP contribution in [0.4, 0.5) is 5.69 Å². The Balaban J connectivity index is 1.28. The van der Waals surface area contributed by atoms with E-state index in [0.717, 1.165) is 43.5 Å². The standard InChI is InChI=1S/C23H27N3O/c1-26-12-9-23(10-13-26)27-17-19-4-2-18(3-5-19)15-25-22-7-6-20-8-11-24-16-21(20)14-22/h2-8,11,14,16,23,25H,9-10,12-13,15,17H2,1H3. The Morgan fingerprint density at radius 1 is 1.00 bits per heavy atom. The molecular weight excluding hydrogens is 334 g/mol. The lowest BCUT2D eigenvalue weighted by Gasteiger charge is -2.28. The number of rotatable bonds is 6. The van der Waals surface area contributed by atoms with Crippen molar-refractivity contribution in [1.82, 2.24) is 9.88 Å². The zero-order valence-corrected chi connectivity index (χ0v) is 15.9. The smallest absolute Gasteiger partial charge is 0.0720 e. The number of likely N-dealkylation sites (tertiary alicyclic amines) is 1. The first kappa shape index (κ1) is 18.0. The molecule has 1 aliphatic rings. The number of ether oxygens (including phenoxy) is 1. The first-order chi connectivity index (χ1) is 13.3. The summed E-state index contributed by atoms with van der Waals surface area (Å²) >= 11 is 0. The molecule has 0 unspecified atom stereocenters. The van der Waals surface area contributed by atoms with Crippen molar-refractivity contribution in [2.24, 2.45) is 0 Å². The van der Waals surface area contributed by atoms with Crippen LogP contribution < -0.4 is 5.32 Å². The van der Waals surface area contributed by atoms with Crippen molar-refractivity contribution in [1.29, 1.82) is 0 Å². The van der Waals surface area contributed by atoms with Gasteiger partial charge in [-0.2, -0.15) is 0 Å². The molecule has 1 aromatic heterocycles. The summed E-state index contributed by atoms with van der Waals surface area (Å²) in [6.07, 6.45) is 6.41. The predicted octanol–water partition coefficient (Wildman–Crippen LogP) is 4.46. The van der Waals surface area contributed by atoms with Crippen molar-refractivity contribution in [2.45, 2.75) is 32.1 Å². The van der Waals surface area contributed by atoms with E-state index in [0.29, 0.717) is 12.7 Å². The molecule has 4 rings (SSSR count). The Kier molecular flexibility index (Phi) is 5.66. The highest BCUT2D eigenvalue weighted by Crippen LogP contribution is 2.19. The van der Waals surface area contributed by atoms with Crippen LogP contribution >= 0.6 is 0 Å². The van der Waals surface area contributed by atoms with Gasteiger partial charge in [-0.15, -0.1) is 0 Å². The molecule has 0 bridgehead atoms. The Labute approximate surface area is 161 Å². The third-order valence-electron chi connectivity index (χ3n) is 5.31. The molecule has 0 amide bonds. The molecule has 0 atom stereocenters. The van der Waals surface area contributed by atoms with Crippen LogP contribution in [0.15, 0.2) is 60.9 Å². The van der Waals surface area contributed by atoms with E-state index in [1.807, 2.05) is 18.5 Å². The van der Waals surface area contributed by atoms with E-state index >= 15 is 0 Å². The maximum Gasteiger partial charge on any atom is 0.0720 e. The summed E-state index contributed by atoms with van der Waals surface area (Å²) < 4.78 is 6.08. The van der Waals surface area contributed by atoms with E-state index in [4.69, 9.17) is 4.74 Å². The van der Waals surface area contributed by atoms with Crippen LogP contribution in [0.3, 0.4) is 0 Å². The quantitative estimate of drug-likeness (QED) is 0.703. The largest absolute Gasteiger partial charge is 0.381 e. The van der Waals surface area contributed by atoms with E-state index in [1.54, 1.807) is 0 Å². The van der Waals surface area contributed by atoms with E-state index in [1.165, 1.54) is 16.5 Å². The van der Waals surface area contributed by atoms with Gasteiger partial charge in [0, 0.05) is 43.1 Å². The molecule has 0 aliphatic carbocycles. The molecule has 2 aromatic carbocycles. The van der Waals surface area contributed by atoms with Gasteiger partial charge in [0.1, 0.15) is 0 Å². The van der Waals surface area contributed by atoms with Crippen LogP contribution in [0.2, 0.25) is 0 Å². The minimum atomic E-state index is 0.407. The Morgan fingerprint density at radius 2 is 1.78 bits per heavy atom. The third kappa shape index (κ3) is 4.85. The SMILES string of the molecule is CN1CCC(OCc2ccc(CNc3ccc4ccncc4c3)cc2)CC1. The zero-order valence-electron chi connectivity index (χ0n) is 15.9. The van der Waals surface area contributed by atoms with E-state index in [-0.39, 0.29) is 0 Å². The Hall–Kier alpha value is -2.43. The molecule has 0 radical (unpaired) electrons. The number of fused-ring (bicyclic) bond motifs is 1. The highest BCUT2D eigenvalue weighted by atomic mass is 16.5. The first-order valence-corrected chi connectivity index (χ1v) is 9.72. The van der Waals surface area contributed by atoms with E-state index in [9.17, 15) is 0 Å². The van der Waals surface area contributed by atoms with E-state index < -0.39 is 0 Å². The van der Waals surface area contributed by atoms with Gasteiger partial charge in [-0.25, -0.2) is 0 Å². The van der Waals surface area contributed by atoms with Crippen molar-refractivity contribution in [3.63, 3.8) is 0 Å². The number of anilines is 1. The summed E-state index contributed by atoms with van der Waals surface area (Å²) in [4.78, 5) is 6.56. The van der Waals surface area contributed by atoms with Crippen molar-refractivity contribution in [3.8, 4) is 0 Å². The maximum absolute atomic E-state index is 6.08. The first-order valence-electron chi connectivity index (χ1n) is 9.72. The number of pyridine rings is 1. The van der Waals surface area contributed by atoms with Crippen molar-refractivity contribution >= 4 is 16.5 Å². The molecule has 4 heteroatoms. The van der Waals surface area contributed by atoms with Crippen LogP contribution in [0, 0.1) is 0 Å². The van der Waals surface area contributed by atoms with Gasteiger partial charge >= 0.3 is 0 Å². The molecule has 1 saturated heterocycles. The lowest BCUT2D eigenvalue weighted by atomic mass is 10.1. The second kappa shape index (κ2) is 8.51. The van der Waals surface area contributed by atoms with Gasteiger partial charge < -0.3 is 15.0 Å². The van der Waals surface area contributed by atoms with Gasteiger partial charge in [0.2, 0.25) is 0 Å². The number of hydrogen-bond acceptors (Lipinski definition) is 4. The van der Waals surface area contributed by atoms with Gasteiger partial charge in [0.25, 0.3) is 0 Å². The molecule has 27 heavy (non-hydrogen) atoms. The fourth-order valence-electron chi connectivity index (χ4n) is 3.52. The summed E-state index contributed by atoms with van der Waals surface area (Å²) in [5.41, 5.74) is 3.63. The maximum atomic E-state index is 6.08. The van der Waals surface area contributed by atoms with Crippen molar-refractivity contribution in [2.75, 3.05) is 25.5 Å². The van der Waals surface area contributed by atoms with Crippen LogP contribution in [0.1, 0.15) is 24.0 Å². The molecule has 140 valence electrons. The summed E-state index contributed by atoms with van der Waals surface area (Å²) in [5, 5.41) is 5.87. The molecule has 0 spiro atoms. The minimum Gasteiger partial charge on any atom is -0.381 e. The second-order valence-electron chi connectivity index (χ2n) is 7.42. The summed E-state index contributed by atoms with van der Waals surface area (Å²) in [6.45, 7) is 3.79. The fourth-order valence-corrected chi connectivity index (χ4v) is 3.52. The topological polar surface area (TPSA) is 37.4 Å². The molecule has 1 N–H and O–H groups in total. The minimum absolute atomic E-state index is 0.407. The van der Waals surface area contributed by atoms with Gasteiger partial charge in [-0.1, -0.05) is 30.3 Å².